The summed E-state index contributed by atoms with van der Waals surface area (Å²) in [5.41, 5.74) is -1.23. The number of anilines is 1. The first-order valence-electron chi connectivity index (χ1n) is 8.38. The molecule has 25 heavy (non-hydrogen) atoms. The average molecular weight is 339 g/mol. The fraction of sp³-hybridized carbons (Fsp3) is 0.316. The Morgan fingerprint density at radius 3 is 2.56 bits per heavy atom. The Balaban J connectivity index is 2.19. The molecule has 1 N–H and O–H groups in total. The third kappa shape index (κ3) is 2.68. The average Bonchev–Trinajstić information content (AvgIpc) is 2.63. The Kier molecular flexibility index (Phi) is 4.55. The summed E-state index contributed by atoms with van der Waals surface area (Å²) in [5.74, 6) is -1.23. The van der Waals surface area contributed by atoms with Crippen LogP contribution in [0.25, 0.3) is 0 Å². The maximum atomic E-state index is 13.2. The molecule has 0 saturated carbocycles. The van der Waals surface area contributed by atoms with E-state index in [4.69, 9.17) is 0 Å². The van der Waals surface area contributed by atoms with Crippen molar-refractivity contribution in [1.29, 1.82) is 0 Å². The van der Waals surface area contributed by atoms with Crippen LogP contribution in [0.5, 0.6) is 0 Å². The number of urea groups is 1. The van der Waals surface area contributed by atoms with Gasteiger partial charge in [-0.05, 0) is 32.1 Å². The fourth-order valence-electron chi connectivity index (χ4n) is 3.28. The first-order valence-corrected chi connectivity index (χ1v) is 8.38. The van der Waals surface area contributed by atoms with E-state index >= 15 is 0 Å². The van der Waals surface area contributed by atoms with Crippen molar-refractivity contribution in [2.45, 2.75) is 19.6 Å². The molecule has 2 unspecified atom stereocenters. The zero-order valence-corrected chi connectivity index (χ0v) is 14.3. The largest absolute Gasteiger partial charge is 0.362 e. The number of allylic oxidation sites excluding steroid dienone is 3. The molecule has 1 aromatic carbocycles. The molecule has 3 rings (SSSR count). The van der Waals surface area contributed by atoms with Gasteiger partial charge in [-0.25, -0.2) is 4.79 Å². The van der Waals surface area contributed by atoms with Crippen LogP contribution in [0.2, 0.25) is 0 Å². The van der Waals surface area contributed by atoms with Crippen LogP contribution >= 0.6 is 0 Å². The highest BCUT2D eigenvalue weighted by Gasteiger charge is 2.56. The van der Waals surface area contributed by atoms with Gasteiger partial charge in [0.15, 0.2) is 0 Å². The molecule has 0 fully saturated rings. The van der Waals surface area contributed by atoms with Crippen LogP contribution < -0.4 is 4.90 Å². The highest BCUT2D eigenvalue weighted by Crippen LogP contribution is 2.37. The molecule has 130 valence electrons. The highest BCUT2D eigenvalue weighted by atomic mass is 16.3. The van der Waals surface area contributed by atoms with E-state index < -0.39 is 23.6 Å². The lowest BCUT2D eigenvalue weighted by Crippen LogP contribution is -2.68. The van der Waals surface area contributed by atoms with E-state index in [1.165, 1.54) is 4.90 Å². The molecule has 2 atom stereocenters. The van der Waals surface area contributed by atoms with Crippen LogP contribution in [0.1, 0.15) is 13.8 Å². The van der Waals surface area contributed by atoms with Crippen LogP contribution in [-0.4, -0.2) is 46.5 Å². The number of likely N-dealkylation sites (N-methyl/N-ethyl adjacent to an activating group) is 1. The summed E-state index contributed by atoms with van der Waals surface area (Å²) in [5, 5.41) is 11.6. The molecular weight excluding hydrogens is 318 g/mol. The van der Waals surface area contributed by atoms with E-state index in [2.05, 4.69) is 4.99 Å². The zero-order valence-electron chi connectivity index (χ0n) is 14.3. The monoisotopic (exact) mass is 339 g/mol. The van der Waals surface area contributed by atoms with Gasteiger partial charge in [-0.2, -0.15) is 4.99 Å². The predicted octanol–water partition coefficient (Wildman–Crippen LogP) is 2.37. The summed E-state index contributed by atoms with van der Waals surface area (Å²) in [4.78, 5) is 32.7. The van der Waals surface area contributed by atoms with Crippen molar-refractivity contribution in [3.05, 3.63) is 54.6 Å². The molecule has 0 radical (unpaired) electrons. The molecule has 2 aliphatic rings. The van der Waals surface area contributed by atoms with Gasteiger partial charge in [0.1, 0.15) is 0 Å². The van der Waals surface area contributed by atoms with Gasteiger partial charge in [-0.1, -0.05) is 36.4 Å². The minimum absolute atomic E-state index is 0.391. The lowest BCUT2D eigenvalue weighted by molar-refractivity contribution is -0.152. The minimum Gasteiger partial charge on any atom is -0.362 e. The van der Waals surface area contributed by atoms with Crippen LogP contribution in [0.4, 0.5) is 10.5 Å². The van der Waals surface area contributed by atoms with Gasteiger partial charge in [-0.3, -0.25) is 9.69 Å². The SMILES string of the molecule is CCN(CC)C(=O)C1(O)C2C=CC=CC2=NC(=O)N1c1ccccc1. The van der Waals surface area contributed by atoms with Crippen molar-refractivity contribution in [1.82, 2.24) is 4.90 Å². The maximum Gasteiger partial charge on any atom is 0.351 e. The molecule has 6 heteroatoms. The number of hydrogen-bond donors (Lipinski definition) is 1. The number of amides is 3. The van der Waals surface area contributed by atoms with E-state index in [1.807, 2.05) is 13.8 Å². The van der Waals surface area contributed by atoms with E-state index in [0.29, 0.717) is 24.5 Å². The minimum atomic E-state index is -2.05. The van der Waals surface area contributed by atoms with Gasteiger partial charge >= 0.3 is 6.03 Å². The Morgan fingerprint density at radius 2 is 1.92 bits per heavy atom. The number of benzene rings is 1. The van der Waals surface area contributed by atoms with Crippen molar-refractivity contribution in [3.63, 3.8) is 0 Å². The van der Waals surface area contributed by atoms with Crippen molar-refractivity contribution >= 4 is 23.3 Å². The molecule has 6 nitrogen and oxygen atoms in total. The lowest BCUT2D eigenvalue weighted by Gasteiger charge is -2.46. The van der Waals surface area contributed by atoms with Gasteiger partial charge in [-0.15, -0.1) is 0 Å². The normalized spacial score (nSPS) is 24.8. The maximum absolute atomic E-state index is 13.2. The summed E-state index contributed by atoms with van der Waals surface area (Å²) in [7, 11) is 0. The van der Waals surface area contributed by atoms with Crippen LogP contribution in [0, 0.1) is 5.92 Å². The number of aliphatic imine (C=N–C) groups is 1. The molecule has 1 aromatic rings. The second kappa shape index (κ2) is 6.64. The van der Waals surface area contributed by atoms with Crippen LogP contribution in [0.15, 0.2) is 59.6 Å². The molecule has 0 saturated heterocycles. The summed E-state index contributed by atoms with van der Waals surface area (Å²) in [6.45, 7) is 4.56. The topological polar surface area (TPSA) is 73.2 Å². The second-order valence-corrected chi connectivity index (χ2v) is 5.92. The van der Waals surface area contributed by atoms with Gasteiger partial charge in [0.05, 0.1) is 11.6 Å². The molecule has 1 aliphatic heterocycles. The van der Waals surface area contributed by atoms with Crippen LogP contribution in [-0.2, 0) is 4.79 Å². The van der Waals surface area contributed by atoms with E-state index in [9.17, 15) is 14.7 Å². The first-order chi connectivity index (χ1) is 12.0. The molecule has 1 heterocycles. The third-order valence-corrected chi connectivity index (χ3v) is 4.57. The number of carbonyl (C=O) groups is 2. The molecule has 0 bridgehead atoms. The standard InChI is InChI=1S/C19H21N3O3/c1-3-21(4-2)17(23)19(25)15-12-8-9-13-16(15)20-18(24)22(19)14-10-6-5-7-11-14/h5-13,15,25H,3-4H2,1-2H3. The Bertz CT molecular complexity index is 765. The number of aliphatic hydroxyl groups is 1. The second-order valence-electron chi connectivity index (χ2n) is 5.92. The number of nitrogens with zero attached hydrogens (tertiary/aromatic N) is 3. The summed E-state index contributed by atoms with van der Waals surface area (Å²) >= 11 is 0. The molecule has 0 aromatic heterocycles. The van der Waals surface area contributed by atoms with E-state index in [0.717, 1.165) is 4.90 Å². The summed E-state index contributed by atoms with van der Waals surface area (Å²) in [6.07, 6.45) is 6.86. The van der Waals surface area contributed by atoms with Crippen molar-refractivity contribution < 1.29 is 14.7 Å². The van der Waals surface area contributed by atoms with Crippen molar-refractivity contribution in [2.75, 3.05) is 18.0 Å². The molecule has 0 spiro atoms. The van der Waals surface area contributed by atoms with E-state index in [-0.39, 0.29) is 0 Å². The third-order valence-electron chi connectivity index (χ3n) is 4.57. The van der Waals surface area contributed by atoms with Gasteiger partial charge < -0.3 is 10.0 Å². The lowest BCUT2D eigenvalue weighted by atomic mass is 9.83. The molecule has 1 aliphatic carbocycles. The quantitative estimate of drug-likeness (QED) is 0.915. The predicted molar refractivity (Wildman–Crippen MR) is 96.4 cm³/mol. The Hall–Kier alpha value is -2.73. The summed E-state index contributed by atoms with van der Waals surface area (Å²) < 4.78 is 0. The fourth-order valence-corrected chi connectivity index (χ4v) is 3.28. The number of hydrogen-bond acceptors (Lipinski definition) is 3. The molecule has 3 amide bonds. The van der Waals surface area contributed by atoms with Crippen LogP contribution in [0.3, 0.4) is 0 Å². The van der Waals surface area contributed by atoms with Crippen molar-refractivity contribution in [2.24, 2.45) is 10.9 Å². The number of fused-ring (bicyclic) bond motifs is 1. The zero-order chi connectivity index (χ0) is 18.0. The summed E-state index contributed by atoms with van der Waals surface area (Å²) in [6, 6.07) is 8.02. The van der Waals surface area contributed by atoms with Gasteiger partial charge in [0.25, 0.3) is 5.91 Å². The smallest absolute Gasteiger partial charge is 0.351 e. The highest BCUT2D eigenvalue weighted by molar-refractivity contribution is 6.17. The molecular formula is C19H21N3O3. The van der Waals surface area contributed by atoms with Gasteiger partial charge in [0, 0.05) is 18.8 Å². The van der Waals surface area contributed by atoms with Crippen molar-refractivity contribution in [3.8, 4) is 0 Å². The number of rotatable bonds is 4. The Morgan fingerprint density at radius 1 is 1.24 bits per heavy atom. The number of carbonyl (C=O) groups excluding carboxylic acids is 2. The number of para-hydroxylation sites is 1. The Labute approximate surface area is 146 Å². The van der Waals surface area contributed by atoms with E-state index in [1.54, 1.807) is 54.6 Å². The first kappa shape index (κ1) is 17.1. The van der Waals surface area contributed by atoms with Gasteiger partial charge in [0.2, 0.25) is 5.72 Å².